The number of nitrogens with one attached hydrogen (secondary N) is 1. The molecule has 1 heterocycles. The predicted octanol–water partition coefficient (Wildman–Crippen LogP) is 4.61. The van der Waals surface area contributed by atoms with E-state index >= 15 is 0 Å². The number of aromatic nitrogens is 2. The number of carbonyl (C=O) groups is 1. The summed E-state index contributed by atoms with van der Waals surface area (Å²) in [5.41, 5.74) is 3.62. The van der Waals surface area contributed by atoms with Crippen molar-refractivity contribution >= 4 is 16.8 Å². The van der Waals surface area contributed by atoms with E-state index in [1.54, 1.807) is 17.0 Å². The number of amides is 1. The van der Waals surface area contributed by atoms with Gasteiger partial charge in [-0.3, -0.25) is 14.2 Å². The molecule has 33 heavy (non-hydrogen) atoms. The third-order valence-corrected chi connectivity index (χ3v) is 6.32. The molecule has 0 bridgehead atoms. The van der Waals surface area contributed by atoms with Gasteiger partial charge in [0.25, 0.3) is 5.56 Å². The molecule has 1 amide bonds. The quantitative estimate of drug-likeness (QED) is 0.436. The molecular weight excluding hydrogens is 410 g/mol. The van der Waals surface area contributed by atoms with E-state index in [4.69, 9.17) is 0 Å². The minimum atomic E-state index is -0.338. The number of hydrogen-bond acceptors (Lipinski definition) is 3. The van der Waals surface area contributed by atoms with Crippen molar-refractivity contribution in [2.45, 2.75) is 38.6 Å². The predicted molar refractivity (Wildman–Crippen MR) is 132 cm³/mol. The Hall–Kier alpha value is -3.73. The third kappa shape index (κ3) is 4.87. The molecular formula is C28H29N3O2. The van der Waals surface area contributed by atoms with Crippen molar-refractivity contribution < 1.29 is 4.79 Å². The molecule has 1 aromatic heterocycles. The lowest BCUT2D eigenvalue weighted by molar-refractivity contribution is -0.121. The molecule has 5 nitrogen and oxygen atoms in total. The third-order valence-electron chi connectivity index (χ3n) is 6.32. The van der Waals surface area contributed by atoms with Gasteiger partial charge in [-0.1, -0.05) is 72.8 Å². The Morgan fingerprint density at radius 2 is 1.58 bits per heavy atom. The zero-order chi connectivity index (χ0) is 23.3. The van der Waals surface area contributed by atoms with Crippen molar-refractivity contribution in [2.24, 2.45) is 0 Å². The van der Waals surface area contributed by atoms with Crippen molar-refractivity contribution in [3.8, 4) is 0 Å². The van der Waals surface area contributed by atoms with Crippen LogP contribution in [0.4, 0.5) is 0 Å². The summed E-state index contributed by atoms with van der Waals surface area (Å²) >= 11 is 0. The van der Waals surface area contributed by atoms with Crippen LogP contribution < -0.4 is 10.9 Å². The van der Waals surface area contributed by atoms with Gasteiger partial charge in [-0.15, -0.1) is 0 Å². The van der Waals surface area contributed by atoms with Gasteiger partial charge in [0.1, 0.15) is 0 Å². The average Bonchev–Trinajstić information content (AvgIpc) is 2.85. The first-order valence-corrected chi connectivity index (χ1v) is 11.3. The number of carbonyl (C=O) groups excluding carboxylic acids is 1. The number of para-hydroxylation sites is 1. The fourth-order valence-corrected chi connectivity index (χ4v) is 4.25. The van der Waals surface area contributed by atoms with Crippen LogP contribution in [-0.4, -0.2) is 22.0 Å². The normalized spacial score (nSPS) is 11.5. The van der Waals surface area contributed by atoms with Crippen LogP contribution in [0.25, 0.3) is 10.9 Å². The highest BCUT2D eigenvalue weighted by molar-refractivity contribution is 5.80. The highest BCUT2D eigenvalue weighted by Crippen LogP contribution is 2.31. The Morgan fingerprint density at radius 3 is 2.21 bits per heavy atom. The number of rotatable bonds is 8. The summed E-state index contributed by atoms with van der Waals surface area (Å²) in [5, 5.41) is 3.73. The van der Waals surface area contributed by atoms with Gasteiger partial charge in [0.2, 0.25) is 5.91 Å². The van der Waals surface area contributed by atoms with Gasteiger partial charge >= 0.3 is 0 Å². The number of fused-ring (bicyclic) bond motifs is 1. The van der Waals surface area contributed by atoms with E-state index in [-0.39, 0.29) is 16.9 Å². The van der Waals surface area contributed by atoms with Crippen LogP contribution in [0.3, 0.4) is 0 Å². The standard InChI is InChI=1S/C28H29N3O2/c1-21-11-9-16-24-26(21)30-20-31(27(24)33)18-10-17-25(32)29-19-28(2,22-12-5-3-6-13-22)23-14-7-4-8-15-23/h3-9,11-16,20H,10,17-19H2,1-2H3,(H,29,32). The summed E-state index contributed by atoms with van der Waals surface area (Å²) in [6.45, 7) is 5.05. The molecule has 0 fully saturated rings. The lowest BCUT2D eigenvalue weighted by Gasteiger charge is -2.31. The minimum Gasteiger partial charge on any atom is -0.355 e. The minimum absolute atomic E-state index is 0.0225. The topological polar surface area (TPSA) is 64.0 Å². The van der Waals surface area contributed by atoms with Gasteiger partial charge in [-0.05, 0) is 43.0 Å². The number of hydrogen-bond donors (Lipinski definition) is 1. The highest BCUT2D eigenvalue weighted by atomic mass is 16.1. The van der Waals surface area contributed by atoms with Crippen molar-refractivity contribution in [2.75, 3.05) is 6.54 Å². The summed E-state index contributed by atoms with van der Waals surface area (Å²) < 4.78 is 1.59. The molecule has 4 rings (SSSR count). The molecule has 0 aliphatic rings. The smallest absolute Gasteiger partial charge is 0.261 e. The molecule has 0 atom stereocenters. The van der Waals surface area contributed by atoms with Crippen LogP contribution in [0.1, 0.15) is 36.5 Å². The van der Waals surface area contributed by atoms with Crippen LogP contribution in [0, 0.1) is 6.92 Å². The summed E-state index contributed by atoms with van der Waals surface area (Å²) in [7, 11) is 0. The lowest BCUT2D eigenvalue weighted by Crippen LogP contribution is -2.39. The van der Waals surface area contributed by atoms with E-state index in [1.807, 2.05) is 55.5 Å². The fourth-order valence-electron chi connectivity index (χ4n) is 4.25. The van der Waals surface area contributed by atoms with Crippen molar-refractivity contribution in [3.05, 3.63) is 112 Å². The zero-order valence-electron chi connectivity index (χ0n) is 19.1. The highest BCUT2D eigenvalue weighted by Gasteiger charge is 2.29. The maximum absolute atomic E-state index is 12.7. The van der Waals surface area contributed by atoms with E-state index in [9.17, 15) is 9.59 Å². The van der Waals surface area contributed by atoms with E-state index in [0.717, 1.165) is 22.2 Å². The molecule has 4 aromatic rings. The van der Waals surface area contributed by atoms with Crippen LogP contribution in [-0.2, 0) is 16.8 Å². The molecule has 0 aliphatic carbocycles. The van der Waals surface area contributed by atoms with Crippen LogP contribution in [0.15, 0.2) is 90.0 Å². The van der Waals surface area contributed by atoms with Gasteiger partial charge in [0.05, 0.1) is 17.2 Å². The number of benzene rings is 3. The van der Waals surface area contributed by atoms with E-state index < -0.39 is 0 Å². The molecule has 1 N–H and O–H groups in total. The van der Waals surface area contributed by atoms with Gasteiger partial charge < -0.3 is 5.32 Å². The molecule has 0 radical (unpaired) electrons. The summed E-state index contributed by atoms with van der Waals surface area (Å²) in [4.78, 5) is 29.9. The molecule has 5 heteroatoms. The SMILES string of the molecule is Cc1cccc2c(=O)n(CCCC(=O)NCC(C)(c3ccccc3)c3ccccc3)cnc12. The monoisotopic (exact) mass is 439 g/mol. The summed E-state index contributed by atoms with van der Waals surface area (Å²) in [6.07, 6.45) is 2.49. The van der Waals surface area contributed by atoms with Gasteiger partial charge in [-0.2, -0.15) is 0 Å². The molecule has 168 valence electrons. The maximum Gasteiger partial charge on any atom is 0.261 e. The van der Waals surface area contributed by atoms with E-state index in [2.05, 4.69) is 41.5 Å². The Balaban J connectivity index is 1.40. The zero-order valence-corrected chi connectivity index (χ0v) is 19.1. The maximum atomic E-state index is 12.7. The fraction of sp³-hybridized carbons (Fsp3) is 0.250. The largest absolute Gasteiger partial charge is 0.355 e. The molecule has 0 aliphatic heterocycles. The molecule has 3 aromatic carbocycles. The van der Waals surface area contributed by atoms with Crippen LogP contribution >= 0.6 is 0 Å². The van der Waals surface area contributed by atoms with Crippen molar-refractivity contribution in [3.63, 3.8) is 0 Å². The summed E-state index contributed by atoms with van der Waals surface area (Å²) in [5.74, 6) is -0.0225. The van der Waals surface area contributed by atoms with Crippen molar-refractivity contribution in [1.82, 2.24) is 14.9 Å². The van der Waals surface area contributed by atoms with Crippen LogP contribution in [0.5, 0.6) is 0 Å². The second-order valence-electron chi connectivity index (χ2n) is 8.66. The number of aryl methyl sites for hydroxylation is 2. The van der Waals surface area contributed by atoms with Gasteiger partial charge in [-0.25, -0.2) is 4.98 Å². The summed E-state index contributed by atoms with van der Waals surface area (Å²) in [6, 6.07) is 26.1. The molecule has 0 spiro atoms. The van der Waals surface area contributed by atoms with E-state index in [1.165, 1.54) is 0 Å². The number of nitrogens with zero attached hydrogens (tertiary/aromatic N) is 2. The lowest BCUT2D eigenvalue weighted by atomic mass is 9.76. The van der Waals surface area contributed by atoms with Gasteiger partial charge in [0.15, 0.2) is 0 Å². The Morgan fingerprint density at radius 1 is 0.939 bits per heavy atom. The first-order chi connectivity index (χ1) is 16.0. The molecule has 0 saturated heterocycles. The Bertz CT molecular complexity index is 1260. The van der Waals surface area contributed by atoms with Crippen LogP contribution in [0.2, 0.25) is 0 Å². The van der Waals surface area contributed by atoms with Crippen molar-refractivity contribution in [1.29, 1.82) is 0 Å². The average molecular weight is 440 g/mol. The first kappa shape index (κ1) is 22.5. The molecule has 0 saturated carbocycles. The first-order valence-electron chi connectivity index (χ1n) is 11.3. The Labute approximate surface area is 194 Å². The second kappa shape index (κ2) is 9.82. The molecule has 0 unspecified atom stereocenters. The van der Waals surface area contributed by atoms with E-state index in [0.29, 0.717) is 31.3 Å². The van der Waals surface area contributed by atoms with Gasteiger partial charge in [0, 0.05) is 24.9 Å². The second-order valence-corrected chi connectivity index (χ2v) is 8.66. The Kier molecular flexibility index (Phi) is 6.68.